The molecule has 1 amide bonds. The number of aryl methyl sites for hydroxylation is 1. The fourth-order valence-electron chi connectivity index (χ4n) is 3.05. The fraction of sp³-hybridized carbons (Fsp3) is 0.444. The van der Waals surface area contributed by atoms with Gasteiger partial charge in [-0.3, -0.25) is 9.78 Å². The van der Waals surface area contributed by atoms with E-state index in [1.54, 1.807) is 14.2 Å². The molecular weight excluding hydrogens is 292 g/mol. The molecule has 0 aliphatic carbocycles. The third-order valence-corrected chi connectivity index (χ3v) is 4.51. The minimum Gasteiger partial charge on any atom is -0.497 e. The van der Waals surface area contributed by atoms with Gasteiger partial charge in [-0.15, -0.1) is 0 Å². The Morgan fingerprint density at radius 1 is 1.22 bits per heavy atom. The number of carbonyl (C=O) groups is 1. The number of aromatic nitrogens is 1. The van der Waals surface area contributed by atoms with E-state index in [0.29, 0.717) is 5.56 Å². The number of amides is 1. The summed E-state index contributed by atoms with van der Waals surface area (Å²) in [6.45, 7) is 3.35. The maximum atomic E-state index is 12.8. The van der Waals surface area contributed by atoms with Crippen LogP contribution >= 0.6 is 0 Å². The Labute approximate surface area is 136 Å². The molecule has 0 N–H and O–H groups in total. The van der Waals surface area contributed by atoms with Crippen LogP contribution in [0.15, 0.2) is 24.3 Å². The van der Waals surface area contributed by atoms with E-state index in [1.807, 2.05) is 36.1 Å². The van der Waals surface area contributed by atoms with Gasteiger partial charge in [0.05, 0.1) is 30.0 Å². The number of nitrogens with zero attached hydrogens (tertiary/aromatic N) is 2. The minimum absolute atomic E-state index is 0.0577. The summed E-state index contributed by atoms with van der Waals surface area (Å²) in [6.07, 6.45) is 2.04. The first-order chi connectivity index (χ1) is 11.1. The van der Waals surface area contributed by atoms with Gasteiger partial charge in [-0.05, 0) is 38.0 Å². The van der Waals surface area contributed by atoms with Gasteiger partial charge in [0.15, 0.2) is 0 Å². The van der Waals surface area contributed by atoms with Gasteiger partial charge >= 0.3 is 0 Å². The van der Waals surface area contributed by atoms with E-state index >= 15 is 0 Å². The molecule has 0 saturated carbocycles. The lowest BCUT2D eigenvalue weighted by molar-refractivity contribution is 0.0350. The van der Waals surface area contributed by atoms with Crippen molar-refractivity contribution in [3.05, 3.63) is 35.5 Å². The Bertz CT molecular complexity index is 722. The van der Waals surface area contributed by atoms with E-state index in [1.165, 1.54) is 0 Å². The van der Waals surface area contributed by atoms with Gasteiger partial charge < -0.3 is 14.4 Å². The van der Waals surface area contributed by atoms with E-state index in [2.05, 4.69) is 4.98 Å². The van der Waals surface area contributed by atoms with Gasteiger partial charge in [-0.2, -0.15) is 0 Å². The Morgan fingerprint density at radius 3 is 2.61 bits per heavy atom. The van der Waals surface area contributed by atoms with E-state index in [4.69, 9.17) is 9.47 Å². The zero-order valence-electron chi connectivity index (χ0n) is 13.8. The number of pyridine rings is 1. The molecule has 1 aliphatic heterocycles. The monoisotopic (exact) mass is 314 g/mol. The van der Waals surface area contributed by atoms with Crippen LogP contribution in [-0.4, -0.2) is 49.2 Å². The van der Waals surface area contributed by atoms with E-state index in [-0.39, 0.29) is 12.0 Å². The SMILES string of the molecule is COc1ccc2cc(C(=O)N3CCC(OC)CC3)c(C)nc2c1. The zero-order chi connectivity index (χ0) is 16.4. The van der Waals surface area contributed by atoms with Gasteiger partial charge in [0.2, 0.25) is 0 Å². The number of carbonyl (C=O) groups excluding carboxylic acids is 1. The van der Waals surface area contributed by atoms with Crippen LogP contribution in [0.1, 0.15) is 28.9 Å². The summed E-state index contributed by atoms with van der Waals surface area (Å²) in [6, 6.07) is 7.65. The first-order valence-corrected chi connectivity index (χ1v) is 7.90. The summed E-state index contributed by atoms with van der Waals surface area (Å²) in [4.78, 5) is 19.3. The van der Waals surface area contributed by atoms with Crippen LogP contribution in [0.2, 0.25) is 0 Å². The molecule has 2 aromatic rings. The van der Waals surface area contributed by atoms with Crippen LogP contribution in [0.4, 0.5) is 0 Å². The van der Waals surface area contributed by atoms with Crippen molar-refractivity contribution in [2.24, 2.45) is 0 Å². The van der Waals surface area contributed by atoms with Crippen molar-refractivity contribution in [3.63, 3.8) is 0 Å². The van der Waals surface area contributed by atoms with E-state index in [9.17, 15) is 4.79 Å². The van der Waals surface area contributed by atoms with Crippen molar-refractivity contribution < 1.29 is 14.3 Å². The summed E-state index contributed by atoms with van der Waals surface area (Å²) in [7, 11) is 3.36. The molecule has 23 heavy (non-hydrogen) atoms. The van der Waals surface area contributed by atoms with Gasteiger partial charge in [0, 0.05) is 31.7 Å². The molecule has 1 fully saturated rings. The van der Waals surface area contributed by atoms with Gasteiger partial charge in [0.25, 0.3) is 5.91 Å². The van der Waals surface area contributed by atoms with Crippen LogP contribution in [0.25, 0.3) is 10.9 Å². The lowest BCUT2D eigenvalue weighted by Gasteiger charge is -2.31. The average Bonchev–Trinajstić information content (AvgIpc) is 2.60. The largest absolute Gasteiger partial charge is 0.497 e. The van der Waals surface area contributed by atoms with Crippen LogP contribution in [-0.2, 0) is 4.74 Å². The molecule has 3 rings (SSSR count). The number of piperidine rings is 1. The highest BCUT2D eigenvalue weighted by atomic mass is 16.5. The van der Waals surface area contributed by atoms with Crippen molar-refractivity contribution in [1.29, 1.82) is 0 Å². The van der Waals surface area contributed by atoms with Crippen molar-refractivity contribution in [2.45, 2.75) is 25.9 Å². The van der Waals surface area contributed by atoms with E-state index < -0.39 is 0 Å². The third kappa shape index (κ3) is 3.15. The number of fused-ring (bicyclic) bond motifs is 1. The van der Waals surface area contributed by atoms with Crippen molar-refractivity contribution in [2.75, 3.05) is 27.3 Å². The smallest absolute Gasteiger partial charge is 0.255 e. The molecule has 0 bridgehead atoms. The molecule has 0 spiro atoms. The van der Waals surface area contributed by atoms with E-state index in [0.717, 1.165) is 48.3 Å². The number of hydrogen-bond donors (Lipinski definition) is 0. The Hall–Kier alpha value is -2.14. The standard InChI is InChI=1S/C18H22N2O3/c1-12-16(18(21)20-8-6-14(22-2)7-9-20)10-13-4-5-15(23-3)11-17(13)19-12/h4-5,10-11,14H,6-9H2,1-3H3. The molecule has 2 heterocycles. The third-order valence-electron chi connectivity index (χ3n) is 4.51. The highest BCUT2D eigenvalue weighted by Gasteiger charge is 2.24. The Balaban J connectivity index is 1.87. The molecule has 1 aromatic carbocycles. The molecule has 1 aromatic heterocycles. The van der Waals surface area contributed by atoms with Crippen molar-refractivity contribution in [1.82, 2.24) is 9.88 Å². The minimum atomic E-state index is 0.0577. The summed E-state index contributed by atoms with van der Waals surface area (Å²) in [5.41, 5.74) is 2.28. The number of hydrogen-bond acceptors (Lipinski definition) is 4. The maximum absolute atomic E-state index is 12.8. The molecule has 0 atom stereocenters. The second-order valence-corrected chi connectivity index (χ2v) is 5.91. The number of ether oxygens (including phenoxy) is 2. The maximum Gasteiger partial charge on any atom is 0.255 e. The summed E-state index contributed by atoms with van der Waals surface area (Å²) in [5.74, 6) is 0.826. The van der Waals surface area contributed by atoms with Crippen molar-refractivity contribution >= 4 is 16.8 Å². The second-order valence-electron chi connectivity index (χ2n) is 5.91. The molecule has 0 unspecified atom stereocenters. The summed E-state index contributed by atoms with van der Waals surface area (Å²) >= 11 is 0. The normalized spacial score (nSPS) is 15.9. The highest BCUT2D eigenvalue weighted by Crippen LogP contribution is 2.23. The van der Waals surface area contributed by atoms with Crippen LogP contribution in [0, 0.1) is 6.92 Å². The predicted molar refractivity (Wildman–Crippen MR) is 89.0 cm³/mol. The number of methoxy groups -OCH3 is 2. The number of likely N-dealkylation sites (tertiary alicyclic amines) is 1. The van der Waals surface area contributed by atoms with Crippen LogP contribution in [0.5, 0.6) is 5.75 Å². The van der Waals surface area contributed by atoms with Crippen molar-refractivity contribution in [3.8, 4) is 5.75 Å². The first kappa shape index (κ1) is 15.7. The quantitative estimate of drug-likeness (QED) is 0.874. The number of rotatable bonds is 3. The molecule has 5 nitrogen and oxygen atoms in total. The lowest BCUT2D eigenvalue weighted by Crippen LogP contribution is -2.40. The number of benzene rings is 1. The van der Waals surface area contributed by atoms with Gasteiger partial charge in [0.1, 0.15) is 5.75 Å². The highest BCUT2D eigenvalue weighted by molar-refractivity contribution is 5.98. The lowest BCUT2D eigenvalue weighted by atomic mass is 10.0. The molecule has 0 radical (unpaired) electrons. The average molecular weight is 314 g/mol. The first-order valence-electron chi connectivity index (χ1n) is 7.90. The van der Waals surface area contributed by atoms with Gasteiger partial charge in [-0.1, -0.05) is 0 Å². The van der Waals surface area contributed by atoms with Crippen LogP contribution < -0.4 is 4.74 Å². The molecular formula is C18H22N2O3. The predicted octanol–water partition coefficient (Wildman–Crippen LogP) is 2.80. The molecule has 122 valence electrons. The second kappa shape index (κ2) is 6.54. The van der Waals surface area contributed by atoms with Crippen LogP contribution in [0.3, 0.4) is 0 Å². The van der Waals surface area contributed by atoms with Gasteiger partial charge in [-0.25, -0.2) is 0 Å². The Morgan fingerprint density at radius 2 is 1.96 bits per heavy atom. The molecule has 5 heteroatoms. The topological polar surface area (TPSA) is 51.7 Å². The summed E-state index contributed by atoms with van der Waals surface area (Å²) in [5, 5.41) is 0.950. The molecule has 1 saturated heterocycles. The zero-order valence-corrected chi connectivity index (χ0v) is 13.8. The Kier molecular flexibility index (Phi) is 4.48. The summed E-state index contributed by atoms with van der Waals surface area (Å²) < 4.78 is 10.6. The fourth-order valence-corrected chi connectivity index (χ4v) is 3.05. The molecule has 1 aliphatic rings.